The lowest BCUT2D eigenvalue weighted by molar-refractivity contribution is 0.000258. The Bertz CT molecular complexity index is 1350. The van der Waals surface area contributed by atoms with Gasteiger partial charge in [0.25, 0.3) is 0 Å². The molecule has 200 valence electrons. The minimum Gasteiger partial charge on any atom is -0.507 e. The van der Waals surface area contributed by atoms with Crippen molar-refractivity contribution < 1.29 is 18.6 Å². The van der Waals surface area contributed by atoms with Crippen LogP contribution in [0.15, 0.2) is 36.5 Å². The molecule has 2 saturated heterocycles. The first-order valence-corrected chi connectivity index (χ1v) is 13.1. The first-order valence-electron chi connectivity index (χ1n) is 13.1. The molecule has 4 atom stereocenters. The molecule has 10 heteroatoms. The van der Waals surface area contributed by atoms with Crippen molar-refractivity contribution in [3.05, 3.63) is 42.5 Å². The summed E-state index contributed by atoms with van der Waals surface area (Å²) in [6.07, 6.45) is 6.16. The zero-order valence-corrected chi connectivity index (χ0v) is 21.8. The summed E-state index contributed by atoms with van der Waals surface area (Å²) in [6.45, 7) is 4.20. The smallest absolute Gasteiger partial charge is 0.216 e. The molecule has 0 spiro atoms. The van der Waals surface area contributed by atoms with Gasteiger partial charge >= 0.3 is 0 Å². The summed E-state index contributed by atoms with van der Waals surface area (Å²) in [6, 6.07) is 7.70. The molecule has 2 aromatic heterocycles. The second-order valence-corrected chi connectivity index (χ2v) is 11.4. The number of aromatic hydroxyl groups is 1. The van der Waals surface area contributed by atoms with Crippen LogP contribution in [0, 0.1) is 5.95 Å². The van der Waals surface area contributed by atoms with Crippen LogP contribution >= 0.6 is 0 Å². The first-order chi connectivity index (χ1) is 18.2. The van der Waals surface area contributed by atoms with Crippen LogP contribution in [0.25, 0.3) is 22.5 Å². The summed E-state index contributed by atoms with van der Waals surface area (Å²) in [5, 5.41) is 23.1. The van der Waals surface area contributed by atoms with Crippen molar-refractivity contribution in [1.29, 1.82) is 0 Å². The number of fused-ring (bicyclic) bond motifs is 2. The van der Waals surface area contributed by atoms with Crippen LogP contribution in [0.1, 0.15) is 52.4 Å². The zero-order chi connectivity index (χ0) is 26.7. The number of methoxy groups -OCH3 is 1. The number of halogens is 2. The molecular weight excluding hydrogens is 490 g/mol. The van der Waals surface area contributed by atoms with Crippen molar-refractivity contribution in [3.8, 4) is 34.1 Å². The molecule has 8 nitrogen and oxygen atoms in total. The van der Waals surface area contributed by atoms with Crippen molar-refractivity contribution >= 4 is 5.82 Å². The van der Waals surface area contributed by atoms with Crippen molar-refractivity contribution in [3.63, 3.8) is 0 Å². The molecule has 6 rings (SSSR count). The van der Waals surface area contributed by atoms with Gasteiger partial charge in [0.1, 0.15) is 11.9 Å². The predicted octanol–water partition coefficient (Wildman–Crippen LogP) is 4.82. The minimum absolute atomic E-state index is 0.0665. The average molecular weight is 523 g/mol. The van der Waals surface area contributed by atoms with Crippen LogP contribution < -0.4 is 15.0 Å². The van der Waals surface area contributed by atoms with E-state index in [1.54, 1.807) is 24.4 Å². The lowest BCUT2D eigenvalue weighted by Crippen LogP contribution is -2.73. The molecule has 2 bridgehead atoms. The average Bonchev–Trinajstić information content (AvgIpc) is 3.72. The Morgan fingerprint density at radius 2 is 1.92 bits per heavy atom. The number of alkyl halides is 1. The van der Waals surface area contributed by atoms with E-state index in [4.69, 9.17) is 4.74 Å². The van der Waals surface area contributed by atoms with E-state index in [0.717, 1.165) is 32.1 Å². The molecule has 0 unspecified atom stereocenters. The number of anilines is 1. The number of aromatic nitrogens is 4. The number of ether oxygens (including phenoxy) is 1. The van der Waals surface area contributed by atoms with Gasteiger partial charge in [0.15, 0.2) is 11.6 Å². The highest BCUT2D eigenvalue weighted by Gasteiger charge is 2.55. The van der Waals surface area contributed by atoms with Crippen LogP contribution in [0.4, 0.5) is 14.6 Å². The highest BCUT2D eigenvalue weighted by molar-refractivity contribution is 5.73. The quantitative estimate of drug-likeness (QED) is 0.445. The number of hydrogen-bond donors (Lipinski definition) is 2. The zero-order valence-electron chi connectivity index (χ0n) is 21.8. The standard InChI is InChI=1S/C28H32F2N6O2/c1-27-9-4-10-28(2,35-27)25(30)20(14-27)36(18-6-7-18)23-15-31-26(34-33-23)19-8-5-16(11-21(19)37)17-12-22(29)32-24(13-17)38-3/h5,8,11-13,15,18,20,25,35,37H,4,6-7,9-10,14H2,1-3H3/t20-,25-,27-,28+/m0/s1. The van der Waals surface area contributed by atoms with Gasteiger partial charge in [0.05, 0.1) is 24.9 Å². The molecule has 3 aromatic rings. The van der Waals surface area contributed by atoms with Crippen LogP contribution in [-0.4, -0.2) is 61.7 Å². The molecule has 1 aliphatic carbocycles. The number of nitrogens with one attached hydrogen (secondary N) is 1. The third-order valence-corrected chi connectivity index (χ3v) is 8.28. The molecule has 2 aliphatic heterocycles. The largest absolute Gasteiger partial charge is 0.507 e. The second-order valence-electron chi connectivity index (χ2n) is 11.4. The van der Waals surface area contributed by atoms with Gasteiger partial charge in [-0.05, 0) is 75.6 Å². The number of phenols is 1. The van der Waals surface area contributed by atoms with Crippen molar-refractivity contribution in [2.75, 3.05) is 12.0 Å². The van der Waals surface area contributed by atoms with E-state index in [1.807, 2.05) is 6.92 Å². The number of pyridine rings is 1. The van der Waals surface area contributed by atoms with Gasteiger partial charge in [-0.1, -0.05) is 6.07 Å². The van der Waals surface area contributed by atoms with Crippen LogP contribution in [0.5, 0.6) is 11.6 Å². The number of hydrogen-bond acceptors (Lipinski definition) is 8. The summed E-state index contributed by atoms with van der Waals surface area (Å²) in [5.41, 5.74) is 0.832. The van der Waals surface area contributed by atoms with E-state index in [2.05, 4.69) is 37.3 Å². The topological polar surface area (TPSA) is 96.3 Å². The Morgan fingerprint density at radius 1 is 1.11 bits per heavy atom. The normalized spacial score (nSPS) is 28.7. The van der Waals surface area contributed by atoms with Gasteiger partial charge < -0.3 is 20.1 Å². The molecule has 1 aromatic carbocycles. The molecule has 0 radical (unpaired) electrons. The maximum Gasteiger partial charge on any atom is 0.216 e. The molecule has 3 aliphatic rings. The SMILES string of the molecule is COc1cc(-c2ccc(-c3ncc(N(C4CC4)[C@H]4C[C@]5(C)CCC[C@@](C)(N5)[C@H]4F)nn3)c(O)c2)cc(F)n1. The Kier molecular flexibility index (Phi) is 5.97. The highest BCUT2D eigenvalue weighted by Crippen LogP contribution is 2.46. The Hall–Kier alpha value is -3.40. The Labute approximate surface area is 220 Å². The number of phenolic OH excluding ortho intramolecular Hbond substituents is 1. The highest BCUT2D eigenvalue weighted by atomic mass is 19.1. The fraction of sp³-hybridized carbons (Fsp3) is 0.500. The predicted molar refractivity (Wildman–Crippen MR) is 139 cm³/mol. The van der Waals surface area contributed by atoms with Gasteiger partial charge in [-0.2, -0.15) is 9.37 Å². The summed E-state index contributed by atoms with van der Waals surface area (Å²) >= 11 is 0. The van der Waals surface area contributed by atoms with E-state index in [1.165, 1.54) is 19.2 Å². The van der Waals surface area contributed by atoms with Crippen molar-refractivity contribution in [2.45, 2.75) is 81.7 Å². The summed E-state index contributed by atoms with van der Waals surface area (Å²) in [4.78, 5) is 10.3. The third kappa shape index (κ3) is 4.44. The van der Waals surface area contributed by atoms with Crippen molar-refractivity contribution in [2.24, 2.45) is 0 Å². The van der Waals surface area contributed by atoms with Gasteiger partial charge in [-0.15, -0.1) is 10.2 Å². The molecule has 2 N–H and O–H groups in total. The van der Waals surface area contributed by atoms with Crippen molar-refractivity contribution in [1.82, 2.24) is 25.5 Å². The molecule has 38 heavy (non-hydrogen) atoms. The summed E-state index contributed by atoms with van der Waals surface area (Å²) in [5.74, 6) is 0.213. The van der Waals surface area contributed by atoms with Gasteiger partial charge in [-0.25, -0.2) is 9.37 Å². The molecule has 3 fully saturated rings. The van der Waals surface area contributed by atoms with Crippen LogP contribution in [-0.2, 0) is 0 Å². The molecular formula is C28H32F2N6O2. The second kappa shape index (κ2) is 9.11. The maximum atomic E-state index is 16.0. The van der Waals surface area contributed by atoms with Crippen LogP contribution in [0.3, 0.4) is 0 Å². The fourth-order valence-corrected chi connectivity index (χ4v) is 6.38. The Balaban J connectivity index is 1.28. The molecule has 4 heterocycles. The molecule has 0 amide bonds. The van der Waals surface area contributed by atoms with Gasteiger partial charge in [0, 0.05) is 29.3 Å². The number of nitrogens with zero attached hydrogens (tertiary/aromatic N) is 5. The first kappa shape index (κ1) is 24.9. The van der Waals surface area contributed by atoms with E-state index < -0.39 is 17.7 Å². The van der Waals surface area contributed by atoms with E-state index in [9.17, 15) is 9.50 Å². The minimum atomic E-state index is -1.04. The Morgan fingerprint density at radius 3 is 2.61 bits per heavy atom. The fourth-order valence-electron chi connectivity index (χ4n) is 6.38. The van der Waals surface area contributed by atoms with Gasteiger partial charge in [-0.3, -0.25) is 0 Å². The number of benzene rings is 1. The lowest BCUT2D eigenvalue weighted by atomic mass is 9.68. The van der Waals surface area contributed by atoms with E-state index in [-0.39, 0.29) is 35.1 Å². The van der Waals surface area contributed by atoms with E-state index in [0.29, 0.717) is 28.9 Å². The monoisotopic (exact) mass is 522 g/mol. The third-order valence-electron chi connectivity index (χ3n) is 8.28. The lowest BCUT2D eigenvalue weighted by Gasteiger charge is -2.57. The summed E-state index contributed by atoms with van der Waals surface area (Å²) < 4.78 is 34.9. The van der Waals surface area contributed by atoms with E-state index >= 15 is 4.39 Å². The maximum absolute atomic E-state index is 16.0. The van der Waals surface area contributed by atoms with Gasteiger partial charge in [0.2, 0.25) is 11.8 Å². The summed E-state index contributed by atoms with van der Waals surface area (Å²) in [7, 11) is 1.41. The van der Waals surface area contributed by atoms with Crippen LogP contribution in [0.2, 0.25) is 0 Å². The molecule has 1 saturated carbocycles. The number of piperidine rings is 2. The number of rotatable bonds is 6.